The topological polar surface area (TPSA) is 42.2 Å². The molecule has 0 aliphatic rings. The van der Waals surface area contributed by atoms with E-state index in [4.69, 9.17) is 5.11 Å². The number of carbonyl (C=O) groups is 1. The van der Waals surface area contributed by atoms with E-state index in [-0.39, 0.29) is 0 Å². The number of aryl methyl sites for hydroxylation is 3. The monoisotopic (exact) mass is 203 g/mol. The molecule has 3 nitrogen and oxygen atoms in total. The summed E-state index contributed by atoms with van der Waals surface area (Å²) in [6.45, 7) is 3.91. The Bertz CT molecular complexity index is 552. The van der Waals surface area contributed by atoms with Gasteiger partial charge in [0, 0.05) is 18.6 Å². The molecule has 1 heterocycles. The van der Waals surface area contributed by atoms with Crippen molar-refractivity contribution in [3.8, 4) is 0 Å². The van der Waals surface area contributed by atoms with Gasteiger partial charge in [-0.1, -0.05) is 0 Å². The minimum Gasteiger partial charge on any atom is -0.478 e. The van der Waals surface area contributed by atoms with E-state index >= 15 is 0 Å². The third-order valence-corrected chi connectivity index (χ3v) is 2.65. The summed E-state index contributed by atoms with van der Waals surface area (Å²) in [5.41, 5.74) is 3.26. The van der Waals surface area contributed by atoms with Crippen molar-refractivity contribution in [3.63, 3.8) is 0 Å². The SMILES string of the molecule is Cc1cc(C(=O)O)c2c(c1)c(C)cn2C. The number of carboxylic acid groups (broad SMARTS) is 1. The molecule has 0 bridgehead atoms. The Balaban J connectivity index is 2.96. The van der Waals surface area contributed by atoms with Crippen LogP contribution in [-0.4, -0.2) is 15.6 Å². The highest BCUT2D eigenvalue weighted by atomic mass is 16.4. The lowest BCUT2D eigenvalue weighted by molar-refractivity contribution is 0.0698. The molecule has 1 aromatic heterocycles. The lowest BCUT2D eigenvalue weighted by atomic mass is 10.1. The van der Waals surface area contributed by atoms with Crippen LogP contribution in [0.2, 0.25) is 0 Å². The third-order valence-electron chi connectivity index (χ3n) is 2.65. The normalized spacial score (nSPS) is 10.9. The highest BCUT2D eigenvalue weighted by molar-refractivity contribution is 6.03. The quantitative estimate of drug-likeness (QED) is 0.773. The van der Waals surface area contributed by atoms with Gasteiger partial charge in [-0.2, -0.15) is 0 Å². The van der Waals surface area contributed by atoms with E-state index in [1.807, 2.05) is 37.7 Å². The maximum Gasteiger partial charge on any atom is 0.337 e. The van der Waals surface area contributed by atoms with Crippen LogP contribution in [0.1, 0.15) is 21.5 Å². The van der Waals surface area contributed by atoms with Crippen LogP contribution in [0.4, 0.5) is 0 Å². The summed E-state index contributed by atoms with van der Waals surface area (Å²) in [5, 5.41) is 10.2. The molecule has 0 unspecified atom stereocenters. The summed E-state index contributed by atoms with van der Waals surface area (Å²) < 4.78 is 1.87. The number of hydrogen-bond acceptors (Lipinski definition) is 1. The van der Waals surface area contributed by atoms with Gasteiger partial charge in [-0.15, -0.1) is 0 Å². The summed E-state index contributed by atoms with van der Waals surface area (Å²) in [7, 11) is 1.87. The Morgan fingerprint density at radius 3 is 2.60 bits per heavy atom. The van der Waals surface area contributed by atoms with Gasteiger partial charge in [0.15, 0.2) is 0 Å². The van der Waals surface area contributed by atoms with Crippen molar-refractivity contribution in [1.82, 2.24) is 4.57 Å². The number of hydrogen-bond donors (Lipinski definition) is 1. The molecule has 0 amide bonds. The molecular weight excluding hydrogens is 190 g/mol. The zero-order valence-electron chi connectivity index (χ0n) is 9.03. The molecular formula is C12H13NO2. The first kappa shape index (κ1) is 9.77. The molecule has 1 aromatic carbocycles. The van der Waals surface area contributed by atoms with Crippen LogP contribution >= 0.6 is 0 Å². The average molecular weight is 203 g/mol. The Kier molecular flexibility index (Phi) is 2.03. The van der Waals surface area contributed by atoms with E-state index in [1.165, 1.54) is 0 Å². The number of rotatable bonds is 1. The predicted molar refractivity (Wildman–Crippen MR) is 59.4 cm³/mol. The molecule has 0 saturated heterocycles. The summed E-state index contributed by atoms with van der Waals surface area (Å²) in [6, 6.07) is 3.74. The molecule has 0 aliphatic carbocycles. The minimum absolute atomic E-state index is 0.376. The van der Waals surface area contributed by atoms with Crippen molar-refractivity contribution in [1.29, 1.82) is 0 Å². The van der Waals surface area contributed by atoms with Crippen molar-refractivity contribution in [2.45, 2.75) is 13.8 Å². The Morgan fingerprint density at radius 1 is 1.33 bits per heavy atom. The van der Waals surface area contributed by atoms with E-state index in [9.17, 15) is 4.79 Å². The van der Waals surface area contributed by atoms with Gasteiger partial charge in [0.05, 0.1) is 11.1 Å². The van der Waals surface area contributed by atoms with Crippen LogP contribution in [0.25, 0.3) is 10.9 Å². The molecule has 0 aliphatic heterocycles. The smallest absolute Gasteiger partial charge is 0.337 e. The second kappa shape index (κ2) is 3.12. The van der Waals surface area contributed by atoms with Crippen molar-refractivity contribution in [2.75, 3.05) is 0 Å². The second-order valence-electron chi connectivity index (χ2n) is 3.94. The molecule has 0 atom stereocenters. The van der Waals surface area contributed by atoms with Gasteiger partial charge < -0.3 is 9.67 Å². The Labute approximate surface area is 87.9 Å². The number of aromatic nitrogens is 1. The third kappa shape index (κ3) is 1.40. The Hall–Kier alpha value is -1.77. The van der Waals surface area contributed by atoms with Gasteiger partial charge in [0.25, 0.3) is 0 Å². The average Bonchev–Trinajstić information content (AvgIpc) is 2.41. The van der Waals surface area contributed by atoms with Crippen LogP contribution in [0.5, 0.6) is 0 Å². The fraction of sp³-hybridized carbons (Fsp3) is 0.250. The van der Waals surface area contributed by atoms with E-state index in [2.05, 4.69) is 0 Å². The van der Waals surface area contributed by atoms with Crippen molar-refractivity contribution in [3.05, 3.63) is 35.0 Å². The van der Waals surface area contributed by atoms with Gasteiger partial charge in [-0.05, 0) is 37.1 Å². The van der Waals surface area contributed by atoms with E-state index < -0.39 is 5.97 Å². The molecule has 1 N–H and O–H groups in total. The number of aromatic carboxylic acids is 1. The van der Waals surface area contributed by atoms with E-state index in [0.717, 1.165) is 22.0 Å². The highest BCUT2D eigenvalue weighted by Gasteiger charge is 2.13. The van der Waals surface area contributed by atoms with Crippen LogP contribution in [0.3, 0.4) is 0 Å². The van der Waals surface area contributed by atoms with Gasteiger partial charge >= 0.3 is 5.97 Å². The zero-order chi connectivity index (χ0) is 11.2. The molecule has 0 saturated carbocycles. The fourth-order valence-electron chi connectivity index (χ4n) is 2.05. The second-order valence-corrected chi connectivity index (χ2v) is 3.94. The van der Waals surface area contributed by atoms with Gasteiger partial charge in [0.2, 0.25) is 0 Å². The maximum atomic E-state index is 11.1. The van der Waals surface area contributed by atoms with Crippen molar-refractivity contribution >= 4 is 16.9 Å². The lowest BCUT2D eigenvalue weighted by Gasteiger charge is -2.03. The number of benzene rings is 1. The van der Waals surface area contributed by atoms with Crippen LogP contribution in [0.15, 0.2) is 18.3 Å². The molecule has 0 fully saturated rings. The summed E-state index contributed by atoms with van der Waals surface area (Å²) >= 11 is 0. The maximum absolute atomic E-state index is 11.1. The summed E-state index contributed by atoms with van der Waals surface area (Å²) in [4.78, 5) is 11.1. The lowest BCUT2D eigenvalue weighted by Crippen LogP contribution is -2.00. The Morgan fingerprint density at radius 2 is 2.00 bits per heavy atom. The van der Waals surface area contributed by atoms with Gasteiger partial charge in [-0.3, -0.25) is 0 Å². The predicted octanol–water partition coefficient (Wildman–Crippen LogP) is 2.49. The first-order valence-corrected chi connectivity index (χ1v) is 4.80. The van der Waals surface area contributed by atoms with Crippen LogP contribution in [0, 0.1) is 13.8 Å². The van der Waals surface area contributed by atoms with E-state index in [0.29, 0.717) is 5.56 Å². The summed E-state index contributed by atoms with van der Waals surface area (Å²) in [6.07, 6.45) is 1.95. The molecule has 78 valence electrons. The van der Waals surface area contributed by atoms with Gasteiger partial charge in [-0.25, -0.2) is 4.79 Å². The first-order valence-electron chi connectivity index (χ1n) is 4.80. The van der Waals surface area contributed by atoms with Gasteiger partial charge in [0.1, 0.15) is 0 Å². The minimum atomic E-state index is -0.870. The largest absolute Gasteiger partial charge is 0.478 e. The van der Waals surface area contributed by atoms with Crippen molar-refractivity contribution in [2.24, 2.45) is 7.05 Å². The summed E-state index contributed by atoms with van der Waals surface area (Å²) in [5.74, 6) is -0.870. The standard InChI is InChI=1S/C12H13NO2/c1-7-4-9-8(2)6-13(3)11(9)10(5-7)12(14)15/h4-6H,1-3H3,(H,14,15). The number of nitrogens with zero attached hydrogens (tertiary/aromatic N) is 1. The molecule has 3 heteroatoms. The number of fused-ring (bicyclic) bond motifs is 1. The fourth-order valence-corrected chi connectivity index (χ4v) is 2.05. The first-order chi connectivity index (χ1) is 7.00. The van der Waals surface area contributed by atoms with Crippen LogP contribution in [-0.2, 0) is 7.05 Å². The molecule has 0 radical (unpaired) electrons. The van der Waals surface area contributed by atoms with Crippen LogP contribution < -0.4 is 0 Å². The zero-order valence-corrected chi connectivity index (χ0v) is 9.03. The highest BCUT2D eigenvalue weighted by Crippen LogP contribution is 2.25. The molecule has 2 aromatic rings. The van der Waals surface area contributed by atoms with Crippen molar-refractivity contribution < 1.29 is 9.90 Å². The molecule has 15 heavy (non-hydrogen) atoms. The van der Waals surface area contributed by atoms with E-state index in [1.54, 1.807) is 6.07 Å². The molecule has 0 spiro atoms. The molecule has 2 rings (SSSR count). The number of carboxylic acids is 1.